The largest absolute Gasteiger partial charge is 0.494 e. The van der Waals surface area contributed by atoms with E-state index < -0.39 is 0 Å². The van der Waals surface area contributed by atoms with E-state index in [2.05, 4.69) is 25.3 Å². The molecule has 1 aliphatic carbocycles. The molecule has 9 heteroatoms. The van der Waals surface area contributed by atoms with Gasteiger partial charge in [-0.2, -0.15) is 4.98 Å². The van der Waals surface area contributed by atoms with Crippen LogP contribution in [0.1, 0.15) is 37.9 Å². The molecule has 1 saturated carbocycles. The van der Waals surface area contributed by atoms with Crippen molar-refractivity contribution in [3.05, 3.63) is 48.4 Å². The Labute approximate surface area is 192 Å². The van der Waals surface area contributed by atoms with Gasteiger partial charge in [0, 0.05) is 44.0 Å². The second-order valence-corrected chi connectivity index (χ2v) is 8.32. The number of hydrogen-bond acceptors (Lipinski definition) is 7. The van der Waals surface area contributed by atoms with Gasteiger partial charge in [0.15, 0.2) is 5.82 Å². The number of anilines is 2. The van der Waals surface area contributed by atoms with E-state index in [-0.39, 0.29) is 6.03 Å². The predicted molar refractivity (Wildman–Crippen MR) is 125 cm³/mol. The van der Waals surface area contributed by atoms with Crippen LogP contribution in [0.15, 0.2) is 47.1 Å². The second kappa shape index (κ2) is 9.48. The Morgan fingerprint density at radius 2 is 2.00 bits per heavy atom. The molecule has 2 fully saturated rings. The normalized spacial score (nSPS) is 16.4. The topological polar surface area (TPSA) is 96.6 Å². The van der Waals surface area contributed by atoms with Crippen LogP contribution in [0.25, 0.3) is 11.5 Å². The minimum Gasteiger partial charge on any atom is -0.494 e. The zero-order valence-corrected chi connectivity index (χ0v) is 18.7. The molecule has 0 radical (unpaired) electrons. The van der Waals surface area contributed by atoms with Crippen LogP contribution in [-0.4, -0.2) is 58.8 Å². The molecule has 2 aromatic heterocycles. The van der Waals surface area contributed by atoms with Gasteiger partial charge >= 0.3 is 6.03 Å². The molecular weight excluding hydrogens is 420 g/mol. The molecule has 172 valence electrons. The van der Waals surface area contributed by atoms with Crippen LogP contribution in [-0.2, 0) is 0 Å². The number of carbonyl (C=O) groups is 1. The monoisotopic (exact) mass is 448 g/mol. The number of hydrogen-bond donors (Lipinski definition) is 1. The van der Waals surface area contributed by atoms with Gasteiger partial charge in [-0.3, -0.25) is 0 Å². The van der Waals surface area contributed by atoms with Gasteiger partial charge in [0.1, 0.15) is 11.6 Å². The van der Waals surface area contributed by atoms with Crippen molar-refractivity contribution in [3.63, 3.8) is 0 Å². The Morgan fingerprint density at radius 3 is 2.79 bits per heavy atom. The van der Waals surface area contributed by atoms with E-state index in [9.17, 15) is 4.79 Å². The molecule has 33 heavy (non-hydrogen) atoms. The van der Waals surface area contributed by atoms with E-state index in [1.807, 2.05) is 48.2 Å². The summed E-state index contributed by atoms with van der Waals surface area (Å²) in [5.74, 6) is 3.33. The average molecular weight is 449 g/mol. The van der Waals surface area contributed by atoms with E-state index in [1.165, 1.54) is 0 Å². The maximum atomic E-state index is 12.9. The summed E-state index contributed by atoms with van der Waals surface area (Å²) in [6.45, 7) is 5.29. The first-order valence-corrected chi connectivity index (χ1v) is 11.5. The Kier molecular flexibility index (Phi) is 6.10. The molecule has 2 amide bonds. The van der Waals surface area contributed by atoms with Crippen molar-refractivity contribution in [1.29, 1.82) is 0 Å². The number of aromatic nitrogens is 3. The van der Waals surface area contributed by atoms with Gasteiger partial charge in [0.25, 0.3) is 5.89 Å². The van der Waals surface area contributed by atoms with Crippen molar-refractivity contribution in [3.8, 4) is 17.2 Å². The lowest BCUT2D eigenvalue weighted by Gasteiger charge is -2.24. The highest BCUT2D eigenvalue weighted by molar-refractivity contribution is 5.89. The van der Waals surface area contributed by atoms with Crippen LogP contribution in [0.5, 0.6) is 5.75 Å². The molecule has 0 bridgehead atoms. The molecule has 9 nitrogen and oxygen atoms in total. The van der Waals surface area contributed by atoms with Crippen LogP contribution in [0.3, 0.4) is 0 Å². The van der Waals surface area contributed by atoms with Gasteiger partial charge in [0.05, 0.1) is 12.2 Å². The summed E-state index contributed by atoms with van der Waals surface area (Å²) in [4.78, 5) is 26.1. The zero-order chi connectivity index (χ0) is 22.6. The summed E-state index contributed by atoms with van der Waals surface area (Å²) in [6.07, 6.45) is 4.86. The predicted octanol–water partition coefficient (Wildman–Crippen LogP) is 4.15. The van der Waals surface area contributed by atoms with E-state index in [1.54, 1.807) is 6.20 Å². The third-order valence-corrected chi connectivity index (χ3v) is 5.90. The first-order valence-electron chi connectivity index (χ1n) is 11.5. The lowest BCUT2D eigenvalue weighted by molar-refractivity contribution is 0.215. The summed E-state index contributed by atoms with van der Waals surface area (Å²) < 4.78 is 11.0. The molecular formula is C24H28N6O3. The highest BCUT2D eigenvalue weighted by atomic mass is 16.5. The number of urea groups is 1. The summed E-state index contributed by atoms with van der Waals surface area (Å²) in [5, 5.41) is 7.13. The molecule has 5 rings (SSSR count). The quantitative estimate of drug-likeness (QED) is 0.605. The maximum absolute atomic E-state index is 12.9. The van der Waals surface area contributed by atoms with E-state index in [0.29, 0.717) is 38.0 Å². The first-order chi connectivity index (χ1) is 16.2. The van der Waals surface area contributed by atoms with E-state index >= 15 is 0 Å². The fourth-order valence-corrected chi connectivity index (χ4v) is 4.00. The highest BCUT2D eigenvalue weighted by Gasteiger charge is 2.30. The fraction of sp³-hybridized carbons (Fsp3) is 0.417. The maximum Gasteiger partial charge on any atom is 0.321 e. The number of benzene rings is 1. The average Bonchev–Trinajstić information content (AvgIpc) is 3.62. The number of rotatable bonds is 6. The summed E-state index contributed by atoms with van der Waals surface area (Å²) in [6, 6.07) is 11.2. The van der Waals surface area contributed by atoms with Crippen LogP contribution in [0.2, 0.25) is 0 Å². The van der Waals surface area contributed by atoms with Crippen molar-refractivity contribution in [2.24, 2.45) is 0 Å². The minimum atomic E-state index is -0.103. The molecule has 0 atom stereocenters. The summed E-state index contributed by atoms with van der Waals surface area (Å²) >= 11 is 0. The molecule has 3 heterocycles. The molecule has 2 aliphatic rings. The number of nitrogens with one attached hydrogen (secondary N) is 1. The van der Waals surface area contributed by atoms with Crippen LogP contribution in [0, 0.1) is 0 Å². The van der Waals surface area contributed by atoms with Crippen molar-refractivity contribution in [2.45, 2.75) is 32.1 Å². The number of nitrogens with zero attached hydrogens (tertiary/aromatic N) is 5. The number of amides is 2. The Bertz CT molecular complexity index is 1100. The highest BCUT2D eigenvalue weighted by Crippen LogP contribution is 2.39. The van der Waals surface area contributed by atoms with Crippen molar-refractivity contribution in [1.82, 2.24) is 20.0 Å². The third kappa shape index (κ3) is 4.92. The van der Waals surface area contributed by atoms with Crippen LogP contribution in [0.4, 0.5) is 16.3 Å². The van der Waals surface area contributed by atoms with Crippen molar-refractivity contribution in [2.75, 3.05) is 43.0 Å². The summed E-state index contributed by atoms with van der Waals surface area (Å²) in [5.41, 5.74) is 1.59. The van der Waals surface area contributed by atoms with Crippen molar-refractivity contribution >= 4 is 17.5 Å². The Morgan fingerprint density at radius 1 is 1.15 bits per heavy atom. The molecule has 3 aromatic rings. The Balaban J connectivity index is 1.24. The number of ether oxygens (including phenoxy) is 1. The molecule has 1 aromatic carbocycles. The molecule has 1 saturated heterocycles. The van der Waals surface area contributed by atoms with Gasteiger partial charge in [-0.05, 0) is 62.6 Å². The smallest absolute Gasteiger partial charge is 0.321 e. The zero-order valence-electron chi connectivity index (χ0n) is 18.7. The molecule has 1 aliphatic heterocycles. The molecule has 0 spiro atoms. The number of carbonyl (C=O) groups excluding carboxylic acids is 1. The summed E-state index contributed by atoms with van der Waals surface area (Å²) in [7, 11) is 0. The fourth-order valence-electron chi connectivity index (χ4n) is 4.00. The first kappa shape index (κ1) is 21.2. The van der Waals surface area contributed by atoms with Gasteiger partial charge < -0.3 is 24.4 Å². The number of pyridine rings is 1. The van der Waals surface area contributed by atoms with Crippen LogP contribution >= 0.6 is 0 Å². The molecule has 1 N–H and O–H groups in total. The molecule has 0 unspecified atom stereocenters. The third-order valence-electron chi connectivity index (χ3n) is 5.90. The second-order valence-electron chi connectivity index (χ2n) is 8.32. The SMILES string of the molecule is CCOc1ccc(NC(=O)N2CCCN(c3ncccc3-c3nc(C4CC4)no3)CC2)cc1. The lowest BCUT2D eigenvalue weighted by Crippen LogP contribution is -2.38. The minimum absolute atomic E-state index is 0.103. The standard InChI is InChI=1S/C24H28N6O3/c1-2-32-19-10-8-18(9-11-19)26-24(31)30-14-4-13-29(15-16-30)22-20(5-3-12-25-22)23-27-21(28-33-23)17-6-7-17/h3,5,8-12,17H,2,4,6-7,13-16H2,1H3,(H,26,31). The lowest BCUT2D eigenvalue weighted by atomic mass is 10.2. The van der Waals surface area contributed by atoms with Gasteiger partial charge in [-0.25, -0.2) is 9.78 Å². The Hall–Kier alpha value is -3.62. The van der Waals surface area contributed by atoms with Gasteiger partial charge in [0.2, 0.25) is 0 Å². The van der Waals surface area contributed by atoms with Gasteiger partial charge in [-0.1, -0.05) is 5.16 Å². The van der Waals surface area contributed by atoms with E-state index in [4.69, 9.17) is 9.26 Å². The van der Waals surface area contributed by atoms with E-state index in [0.717, 1.165) is 54.4 Å². The van der Waals surface area contributed by atoms with Crippen molar-refractivity contribution < 1.29 is 14.1 Å². The van der Waals surface area contributed by atoms with Gasteiger partial charge in [-0.15, -0.1) is 0 Å². The van der Waals surface area contributed by atoms with Crippen LogP contribution < -0.4 is 15.0 Å².